The van der Waals surface area contributed by atoms with Crippen LogP contribution in [0.25, 0.3) is 0 Å². The lowest BCUT2D eigenvalue weighted by Gasteiger charge is -2.28. The van der Waals surface area contributed by atoms with E-state index >= 15 is 0 Å². The third kappa shape index (κ3) is 8.04. The number of hydrogen-bond donors (Lipinski definition) is 3. The molecule has 2 aromatic carbocycles. The number of carbonyl (C=O) groups excluding carboxylic acids is 3. The molecule has 13 heteroatoms. The number of esters is 1. The van der Waals surface area contributed by atoms with Crippen molar-refractivity contribution >= 4 is 46.7 Å². The smallest absolute Gasteiger partial charge is 0.338 e. The van der Waals surface area contributed by atoms with Crippen LogP contribution in [0.3, 0.4) is 0 Å². The van der Waals surface area contributed by atoms with Crippen molar-refractivity contribution in [3.63, 3.8) is 0 Å². The minimum Gasteiger partial charge on any atom is -0.493 e. The van der Waals surface area contributed by atoms with Crippen molar-refractivity contribution in [3.05, 3.63) is 56.3 Å². The second-order valence-corrected chi connectivity index (χ2v) is 9.55. The Labute approximate surface area is 250 Å². The molecule has 0 bridgehead atoms. The quantitative estimate of drug-likeness (QED) is 0.102. The number of hydrogen-bond acceptors (Lipinski definition) is 9. The van der Waals surface area contributed by atoms with E-state index in [1.807, 2.05) is 0 Å². The Morgan fingerprint density at radius 2 is 1.90 bits per heavy atom. The van der Waals surface area contributed by atoms with Crippen molar-refractivity contribution in [2.45, 2.75) is 19.9 Å². The first-order chi connectivity index (χ1) is 19.7. The van der Waals surface area contributed by atoms with Crippen molar-refractivity contribution in [1.82, 2.24) is 16.1 Å². The number of halogens is 1. The van der Waals surface area contributed by atoms with Gasteiger partial charge in [-0.15, -0.1) is 6.42 Å². The molecule has 0 aliphatic carbocycles. The van der Waals surface area contributed by atoms with E-state index in [1.165, 1.54) is 20.4 Å². The lowest BCUT2D eigenvalue weighted by atomic mass is 9.95. The number of amides is 3. The number of urea groups is 1. The minimum absolute atomic E-state index is 0.0304. The topological polar surface area (TPSA) is 146 Å². The van der Waals surface area contributed by atoms with Crippen LogP contribution in [0.15, 0.2) is 46.7 Å². The average molecular weight is 676 g/mol. The van der Waals surface area contributed by atoms with Crippen LogP contribution < -0.4 is 35.0 Å². The lowest BCUT2D eigenvalue weighted by Crippen LogP contribution is -2.45. The van der Waals surface area contributed by atoms with Gasteiger partial charge in [-0.05, 0) is 66.3 Å². The monoisotopic (exact) mass is 676 g/mol. The summed E-state index contributed by atoms with van der Waals surface area (Å²) >= 11 is 2.12. The SMILES string of the molecule is C#CCOc1c(/C=N/NC(=O)COc2ccc([C@@H]3NC(=O)NC(C)=C3C(=O)OCC)cc2OC)cc(I)cc1OC. The van der Waals surface area contributed by atoms with Crippen LogP contribution in [0.5, 0.6) is 23.0 Å². The highest BCUT2D eigenvalue weighted by molar-refractivity contribution is 14.1. The Morgan fingerprint density at radius 3 is 2.59 bits per heavy atom. The number of nitrogens with one attached hydrogen (secondary N) is 3. The van der Waals surface area contributed by atoms with E-state index in [0.29, 0.717) is 28.3 Å². The summed E-state index contributed by atoms with van der Waals surface area (Å²) in [5, 5.41) is 9.30. The summed E-state index contributed by atoms with van der Waals surface area (Å²) < 4.78 is 28.0. The lowest BCUT2D eigenvalue weighted by molar-refractivity contribution is -0.139. The molecule has 1 aliphatic heterocycles. The van der Waals surface area contributed by atoms with Gasteiger partial charge in [0.2, 0.25) is 0 Å². The number of benzene rings is 2. The minimum atomic E-state index is -0.780. The van der Waals surface area contributed by atoms with Crippen molar-refractivity contribution in [1.29, 1.82) is 0 Å². The molecule has 0 fully saturated rings. The summed E-state index contributed by atoms with van der Waals surface area (Å²) in [6.45, 7) is 3.15. The second kappa shape index (κ2) is 14.8. The summed E-state index contributed by atoms with van der Waals surface area (Å²) in [7, 11) is 2.94. The van der Waals surface area contributed by atoms with Gasteiger partial charge in [0.05, 0.1) is 38.7 Å². The fourth-order valence-corrected chi connectivity index (χ4v) is 4.48. The first-order valence-electron chi connectivity index (χ1n) is 12.2. The van der Waals surface area contributed by atoms with Crippen molar-refractivity contribution in [2.75, 3.05) is 34.0 Å². The molecule has 3 amide bonds. The van der Waals surface area contributed by atoms with E-state index in [0.717, 1.165) is 3.57 Å². The molecule has 0 saturated carbocycles. The van der Waals surface area contributed by atoms with Gasteiger partial charge in [0, 0.05) is 14.8 Å². The second-order valence-electron chi connectivity index (χ2n) is 8.30. The molecule has 3 rings (SSSR count). The molecule has 3 N–H and O–H groups in total. The molecule has 0 spiro atoms. The average Bonchev–Trinajstić information content (AvgIpc) is 2.94. The molecule has 12 nitrogen and oxygen atoms in total. The molecular weight excluding hydrogens is 647 g/mol. The highest BCUT2D eigenvalue weighted by Gasteiger charge is 2.32. The number of hydrazone groups is 1. The molecule has 2 aromatic rings. The van der Waals surface area contributed by atoms with Crippen LogP contribution in [0.4, 0.5) is 4.79 Å². The third-order valence-electron chi connectivity index (χ3n) is 5.61. The number of rotatable bonds is 12. The van der Waals surface area contributed by atoms with E-state index in [2.05, 4.69) is 49.7 Å². The summed E-state index contributed by atoms with van der Waals surface area (Å²) in [6, 6.07) is 7.16. The normalized spacial score (nSPS) is 14.4. The molecule has 1 aliphatic rings. The molecule has 0 saturated heterocycles. The molecule has 1 heterocycles. The zero-order chi connectivity index (χ0) is 29.9. The first-order valence-corrected chi connectivity index (χ1v) is 13.3. The maximum Gasteiger partial charge on any atom is 0.338 e. The Kier molecular flexibility index (Phi) is 11.2. The zero-order valence-electron chi connectivity index (χ0n) is 22.8. The Hall–Kier alpha value is -4.45. The van der Waals surface area contributed by atoms with E-state index in [1.54, 1.807) is 44.2 Å². The number of nitrogens with zero attached hydrogens (tertiary/aromatic N) is 1. The predicted molar refractivity (Wildman–Crippen MR) is 158 cm³/mol. The predicted octanol–water partition coefficient (Wildman–Crippen LogP) is 3.04. The molecule has 216 valence electrons. The summed E-state index contributed by atoms with van der Waals surface area (Å²) in [6.07, 6.45) is 6.72. The Balaban J connectivity index is 1.71. The summed E-state index contributed by atoms with van der Waals surface area (Å²) in [5.41, 5.74) is 4.15. The van der Waals surface area contributed by atoms with Gasteiger partial charge in [-0.3, -0.25) is 4.79 Å². The zero-order valence-corrected chi connectivity index (χ0v) is 25.0. The Morgan fingerprint density at radius 1 is 1.15 bits per heavy atom. The van der Waals surface area contributed by atoms with Gasteiger partial charge in [0.1, 0.15) is 6.61 Å². The van der Waals surface area contributed by atoms with Crippen molar-refractivity contribution < 1.29 is 38.1 Å². The number of allylic oxidation sites excluding steroid dienone is 1. The van der Waals surface area contributed by atoms with E-state index in [9.17, 15) is 14.4 Å². The molecule has 0 aromatic heterocycles. The molecular formula is C28H29IN4O8. The largest absolute Gasteiger partial charge is 0.493 e. The number of terminal acetylenes is 1. The third-order valence-corrected chi connectivity index (χ3v) is 6.23. The Bertz CT molecular complexity index is 1420. The van der Waals surface area contributed by atoms with E-state index in [4.69, 9.17) is 30.1 Å². The van der Waals surface area contributed by atoms with Gasteiger partial charge in [0.15, 0.2) is 29.6 Å². The maximum absolute atomic E-state index is 12.6. The fourth-order valence-electron chi connectivity index (χ4n) is 3.86. The summed E-state index contributed by atoms with van der Waals surface area (Å²) in [4.78, 5) is 37.1. The van der Waals surface area contributed by atoms with Gasteiger partial charge in [0.25, 0.3) is 5.91 Å². The van der Waals surface area contributed by atoms with Crippen LogP contribution in [-0.2, 0) is 14.3 Å². The van der Waals surface area contributed by atoms with Crippen molar-refractivity contribution in [2.24, 2.45) is 5.10 Å². The van der Waals surface area contributed by atoms with Crippen LogP contribution in [0, 0.1) is 15.9 Å². The fraction of sp³-hybridized carbons (Fsp3) is 0.286. The summed E-state index contributed by atoms with van der Waals surface area (Å²) in [5.74, 6) is 2.72. The number of methoxy groups -OCH3 is 2. The van der Waals surface area contributed by atoms with E-state index < -0.39 is 23.9 Å². The van der Waals surface area contributed by atoms with Gasteiger partial charge in [-0.1, -0.05) is 12.0 Å². The van der Waals surface area contributed by atoms with Gasteiger partial charge in [-0.25, -0.2) is 15.0 Å². The van der Waals surface area contributed by atoms with Crippen LogP contribution >= 0.6 is 22.6 Å². The van der Waals surface area contributed by atoms with Crippen molar-refractivity contribution in [3.8, 4) is 35.3 Å². The molecule has 1 atom stereocenters. The first kappa shape index (κ1) is 31.1. The number of carbonyl (C=O) groups is 3. The maximum atomic E-state index is 12.6. The van der Waals surface area contributed by atoms with E-state index in [-0.39, 0.29) is 36.9 Å². The van der Waals surface area contributed by atoms with Gasteiger partial charge < -0.3 is 34.3 Å². The van der Waals surface area contributed by atoms with Crippen LogP contribution in [0.2, 0.25) is 0 Å². The van der Waals surface area contributed by atoms with Crippen LogP contribution in [0.1, 0.15) is 31.0 Å². The molecule has 41 heavy (non-hydrogen) atoms. The highest BCUT2D eigenvalue weighted by Crippen LogP contribution is 2.35. The van der Waals surface area contributed by atoms with Gasteiger partial charge >= 0.3 is 12.0 Å². The standard InChI is InChI=1S/C28H29IN4O8/c1-6-10-40-26-18(11-19(29)13-22(26)38-5)14-30-33-23(34)15-41-20-9-8-17(12-21(20)37-4)25-24(27(35)39-7-2)16(3)31-28(36)32-25/h1,8-9,11-14,25H,7,10,15H2,2-5H3,(H,33,34)(H2,31,32,36)/b30-14+/t25-/m0/s1. The molecule has 0 unspecified atom stereocenters. The van der Waals surface area contributed by atoms with Gasteiger partial charge in [-0.2, -0.15) is 5.10 Å². The molecule has 0 radical (unpaired) electrons. The highest BCUT2D eigenvalue weighted by atomic mass is 127. The van der Waals surface area contributed by atoms with Crippen LogP contribution in [-0.4, -0.2) is 58.2 Å². The number of ether oxygens (including phenoxy) is 5.